The number of guanidine groups is 2. The summed E-state index contributed by atoms with van der Waals surface area (Å²) in [5.41, 5.74) is 28.7. The zero-order valence-corrected chi connectivity index (χ0v) is 24.6. The maximum absolute atomic E-state index is 13.4. The van der Waals surface area contributed by atoms with Gasteiger partial charge in [0.15, 0.2) is 11.9 Å². The average molecular weight is 620 g/mol. The maximum Gasteiger partial charge on any atom is 0.326 e. The van der Waals surface area contributed by atoms with E-state index in [9.17, 15) is 24.3 Å². The second kappa shape index (κ2) is 17.4. The molecule has 16 nitrogen and oxygen atoms in total. The Kier molecular flexibility index (Phi) is 14.1. The van der Waals surface area contributed by atoms with E-state index in [0.717, 1.165) is 10.9 Å². The van der Waals surface area contributed by atoms with Crippen molar-refractivity contribution in [3.05, 3.63) is 36.0 Å². The first-order valence-corrected chi connectivity index (χ1v) is 14.2. The van der Waals surface area contributed by atoms with E-state index in [1.54, 1.807) is 6.20 Å². The second-order valence-electron chi connectivity index (χ2n) is 9.77. The lowest BCUT2D eigenvalue weighted by atomic mass is 10.0. The van der Waals surface area contributed by atoms with Gasteiger partial charge in [0.05, 0.1) is 6.04 Å². The summed E-state index contributed by atoms with van der Waals surface area (Å²) >= 11 is 4.19. The molecule has 0 radical (unpaired) electrons. The molecule has 1 aromatic heterocycles. The molecule has 0 fully saturated rings. The number of aromatic amines is 1. The number of hydrogen-bond acceptors (Lipinski definition) is 8. The Morgan fingerprint density at radius 2 is 1.40 bits per heavy atom. The lowest BCUT2D eigenvalue weighted by Gasteiger charge is -2.24. The molecule has 1 aromatic carbocycles. The Bertz CT molecular complexity index is 1310. The van der Waals surface area contributed by atoms with Crippen molar-refractivity contribution in [1.82, 2.24) is 20.9 Å². The van der Waals surface area contributed by atoms with E-state index in [4.69, 9.17) is 28.7 Å². The van der Waals surface area contributed by atoms with Crippen LogP contribution in [0.25, 0.3) is 10.9 Å². The fraction of sp³-hybridized carbons (Fsp3) is 0.462. The van der Waals surface area contributed by atoms with Crippen molar-refractivity contribution >= 4 is 59.1 Å². The van der Waals surface area contributed by atoms with Crippen LogP contribution >= 0.6 is 12.6 Å². The lowest BCUT2D eigenvalue weighted by Crippen LogP contribution is -2.58. The second-order valence-corrected chi connectivity index (χ2v) is 10.1. The predicted molar refractivity (Wildman–Crippen MR) is 167 cm³/mol. The fourth-order valence-electron chi connectivity index (χ4n) is 4.16. The third kappa shape index (κ3) is 11.7. The number of carboxylic acid groups (broad SMARTS) is 1. The van der Waals surface area contributed by atoms with Crippen LogP contribution in [0.4, 0.5) is 0 Å². The topological polar surface area (TPSA) is 295 Å². The normalized spacial score (nSPS) is 13.6. The number of nitrogens with zero attached hydrogens (tertiary/aromatic N) is 2. The average Bonchev–Trinajstić information content (AvgIpc) is 3.37. The van der Waals surface area contributed by atoms with Crippen LogP contribution in [0.2, 0.25) is 0 Å². The van der Waals surface area contributed by atoms with Gasteiger partial charge in [-0.05, 0) is 37.3 Å². The van der Waals surface area contributed by atoms with E-state index in [0.29, 0.717) is 12.0 Å². The first kappa shape index (κ1) is 34.7. The van der Waals surface area contributed by atoms with Crippen LogP contribution < -0.4 is 44.6 Å². The van der Waals surface area contributed by atoms with Gasteiger partial charge >= 0.3 is 5.97 Å². The minimum atomic E-state index is -1.26. The third-order valence-corrected chi connectivity index (χ3v) is 6.78. The summed E-state index contributed by atoms with van der Waals surface area (Å²) in [5.74, 6) is -3.58. The number of rotatable bonds is 18. The molecule has 4 atom stereocenters. The molecule has 17 heteroatoms. The van der Waals surface area contributed by atoms with Gasteiger partial charge in [0.25, 0.3) is 0 Å². The third-order valence-electron chi connectivity index (χ3n) is 6.41. The molecule has 15 N–H and O–H groups in total. The summed E-state index contributed by atoms with van der Waals surface area (Å²) in [6, 6.07) is 2.86. The van der Waals surface area contributed by atoms with E-state index in [-0.39, 0.29) is 56.4 Å². The van der Waals surface area contributed by atoms with Crippen LogP contribution in [0, 0.1) is 0 Å². The van der Waals surface area contributed by atoms with E-state index < -0.39 is 47.9 Å². The quantitative estimate of drug-likeness (QED) is 0.0364. The van der Waals surface area contributed by atoms with Gasteiger partial charge in [-0.3, -0.25) is 24.4 Å². The molecule has 0 aliphatic rings. The van der Waals surface area contributed by atoms with Crippen molar-refractivity contribution in [1.29, 1.82) is 0 Å². The van der Waals surface area contributed by atoms with Crippen LogP contribution in [0.1, 0.15) is 31.2 Å². The van der Waals surface area contributed by atoms with E-state index in [2.05, 4.69) is 43.5 Å². The van der Waals surface area contributed by atoms with Crippen LogP contribution in [-0.2, 0) is 25.6 Å². The zero-order valence-electron chi connectivity index (χ0n) is 23.7. The number of aromatic nitrogens is 1. The van der Waals surface area contributed by atoms with Gasteiger partial charge in [-0.1, -0.05) is 18.2 Å². The molecule has 3 amide bonds. The Balaban J connectivity index is 2.17. The number of aliphatic carboxylic acids is 1. The van der Waals surface area contributed by atoms with Crippen LogP contribution in [0.5, 0.6) is 0 Å². The predicted octanol–water partition coefficient (Wildman–Crippen LogP) is -2.39. The van der Waals surface area contributed by atoms with Gasteiger partial charge in [-0.2, -0.15) is 12.6 Å². The molecule has 236 valence electrons. The largest absolute Gasteiger partial charge is 0.480 e. The number of fused-ring (bicyclic) bond motifs is 1. The van der Waals surface area contributed by atoms with Crippen LogP contribution in [0.15, 0.2) is 40.4 Å². The van der Waals surface area contributed by atoms with Crippen molar-refractivity contribution < 1.29 is 24.3 Å². The van der Waals surface area contributed by atoms with E-state index in [1.165, 1.54) is 0 Å². The Labute approximate surface area is 254 Å². The van der Waals surface area contributed by atoms with Crippen molar-refractivity contribution in [2.24, 2.45) is 38.7 Å². The molecule has 43 heavy (non-hydrogen) atoms. The Hall–Kier alpha value is -4.51. The van der Waals surface area contributed by atoms with Crippen LogP contribution in [-0.4, -0.2) is 88.7 Å². The number of benzene rings is 1. The molecule has 4 unspecified atom stereocenters. The highest BCUT2D eigenvalue weighted by atomic mass is 32.1. The highest BCUT2D eigenvalue weighted by molar-refractivity contribution is 7.80. The molecular formula is C26H41N11O5S. The number of carbonyl (C=O) groups excluding carboxylic acids is 3. The minimum absolute atomic E-state index is 0.0273. The van der Waals surface area contributed by atoms with Crippen molar-refractivity contribution in [2.75, 3.05) is 18.8 Å². The number of carbonyl (C=O) groups is 4. The first-order chi connectivity index (χ1) is 20.4. The lowest BCUT2D eigenvalue weighted by molar-refractivity contribution is -0.142. The molecule has 0 aliphatic heterocycles. The monoisotopic (exact) mass is 619 g/mol. The van der Waals surface area contributed by atoms with Crippen LogP contribution in [0.3, 0.4) is 0 Å². The van der Waals surface area contributed by atoms with Gasteiger partial charge in [-0.25, -0.2) is 4.79 Å². The molecule has 0 saturated heterocycles. The standard InChI is InChI=1S/C26H41N11O5S/c27-16(6-3-9-32-25(28)29)21(38)37-20(13-43)23(40)36-19(11-14-12-34-17-7-2-1-5-15(14)17)22(39)35-18(24(41)42)8-4-10-33-26(30)31/h1-2,5,7,12,16,18-20,34,43H,3-4,6,8-11,13,27H2,(H,35,39)(H,36,40)(H,37,38)(H,41,42)(H4,28,29,32)(H4,30,31,33). The highest BCUT2D eigenvalue weighted by Gasteiger charge is 2.30. The maximum atomic E-state index is 13.4. The highest BCUT2D eigenvalue weighted by Crippen LogP contribution is 2.19. The van der Waals surface area contributed by atoms with Gasteiger partial charge < -0.3 is 54.7 Å². The molecule has 0 saturated carbocycles. The number of hydrogen-bond donors (Lipinski definition) is 11. The van der Waals surface area contributed by atoms with Crippen molar-refractivity contribution in [3.63, 3.8) is 0 Å². The fourth-order valence-corrected chi connectivity index (χ4v) is 4.42. The number of para-hydroxylation sites is 1. The summed E-state index contributed by atoms with van der Waals surface area (Å²) in [6.45, 7) is 0.466. The molecule has 0 bridgehead atoms. The summed E-state index contributed by atoms with van der Waals surface area (Å²) in [7, 11) is 0. The molecule has 0 spiro atoms. The number of amides is 3. The molecule has 0 aliphatic carbocycles. The molecular weight excluding hydrogens is 578 g/mol. The summed E-state index contributed by atoms with van der Waals surface area (Å²) in [4.78, 5) is 62.0. The SMILES string of the molecule is NC(N)=NCCCC(N)C(=O)NC(CS)C(=O)NC(Cc1c[nH]c2ccccc12)C(=O)NC(CCCN=C(N)N)C(=O)O. The van der Waals surface area contributed by atoms with Gasteiger partial charge in [0, 0.05) is 42.4 Å². The summed E-state index contributed by atoms with van der Waals surface area (Å²) in [6.07, 6.45) is 2.76. The number of aliphatic imine (C=N–C) groups is 2. The molecule has 1 heterocycles. The first-order valence-electron chi connectivity index (χ1n) is 13.6. The number of carboxylic acids is 1. The summed E-state index contributed by atoms with van der Waals surface area (Å²) < 4.78 is 0. The van der Waals surface area contributed by atoms with Crippen molar-refractivity contribution in [3.8, 4) is 0 Å². The van der Waals surface area contributed by atoms with Crippen molar-refractivity contribution in [2.45, 2.75) is 56.3 Å². The zero-order chi connectivity index (χ0) is 31.9. The Morgan fingerprint density at radius 1 is 0.837 bits per heavy atom. The minimum Gasteiger partial charge on any atom is -0.480 e. The number of H-pyrrole nitrogens is 1. The molecule has 2 aromatic rings. The smallest absolute Gasteiger partial charge is 0.326 e. The summed E-state index contributed by atoms with van der Waals surface area (Å²) in [5, 5.41) is 18.2. The number of nitrogens with one attached hydrogen (secondary N) is 4. The van der Waals surface area contributed by atoms with E-state index >= 15 is 0 Å². The van der Waals surface area contributed by atoms with Gasteiger partial charge in [-0.15, -0.1) is 0 Å². The van der Waals surface area contributed by atoms with Gasteiger partial charge in [0.1, 0.15) is 18.1 Å². The van der Waals surface area contributed by atoms with E-state index in [1.807, 2.05) is 24.3 Å². The van der Waals surface area contributed by atoms with Gasteiger partial charge in [0.2, 0.25) is 17.7 Å². The Morgan fingerprint density at radius 3 is 2.00 bits per heavy atom. The number of nitrogens with two attached hydrogens (primary N) is 5. The molecule has 2 rings (SSSR count). The number of thiol groups is 1.